The monoisotopic (exact) mass is 429 g/mol. The number of pyridine rings is 1. The molecule has 2 saturated heterocycles. The molecule has 3 aromatic heterocycles. The van der Waals surface area contributed by atoms with Crippen molar-refractivity contribution in [2.24, 2.45) is 0 Å². The van der Waals surface area contributed by atoms with Crippen molar-refractivity contribution in [2.45, 2.75) is 13.0 Å². The predicted molar refractivity (Wildman–Crippen MR) is 124 cm³/mol. The van der Waals surface area contributed by atoms with E-state index in [-0.39, 0.29) is 0 Å². The summed E-state index contributed by atoms with van der Waals surface area (Å²) in [6.45, 7) is 7.30. The Morgan fingerprint density at radius 1 is 1.06 bits per heavy atom. The summed E-state index contributed by atoms with van der Waals surface area (Å²) in [5.74, 6) is 0.812. The standard InChI is InChI=1S/C24H27N7O/c1-17-4-3-5-18(12-17)20-6-7-31(27-20)22-13-21(29-8-10-32-11-9-29)23-24(26-22)30(16-25-23)19-14-28(2)15-19/h3-7,12-13,16,19H,8-11,14-15H2,1-2H3. The number of ether oxygens (including phenoxy) is 1. The van der Waals surface area contributed by atoms with Gasteiger partial charge in [-0.2, -0.15) is 5.10 Å². The Labute approximate surface area is 187 Å². The van der Waals surface area contributed by atoms with Crippen molar-refractivity contribution < 1.29 is 4.74 Å². The fourth-order valence-corrected chi connectivity index (χ4v) is 4.66. The fraction of sp³-hybridized carbons (Fsp3) is 0.375. The van der Waals surface area contributed by atoms with Crippen LogP contribution in [0, 0.1) is 6.92 Å². The minimum absolute atomic E-state index is 0.408. The molecule has 5 heterocycles. The van der Waals surface area contributed by atoms with Crippen molar-refractivity contribution in [3.05, 3.63) is 54.5 Å². The maximum atomic E-state index is 5.59. The Bertz CT molecular complexity index is 1260. The molecule has 6 rings (SSSR count). The minimum Gasteiger partial charge on any atom is -0.378 e. The van der Waals surface area contributed by atoms with Gasteiger partial charge in [0.15, 0.2) is 11.5 Å². The third-order valence-electron chi connectivity index (χ3n) is 6.42. The highest BCUT2D eigenvalue weighted by atomic mass is 16.5. The van der Waals surface area contributed by atoms with Gasteiger partial charge in [0.2, 0.25) is 0 Å². The quantitative estimate of drug-likeness (QED) is 0.497. The number of likely N-dealkylation sites (N-methyl/N-ethyl adjacent to an activating group) is 1. The lowest BCUT2D eigenvalue weighted by Crippen LogP contribution is -2.44. The molecule has 0 N–H and O–H groups in total. The smallest absolute Gasteiger partial charge is 0.164 e. The van der Waals surface area contributed by atoms with Crippen LogP contribution in [0.2, 0.25) is 0 Å². The van der Waals surface area contributed by atoms with Gasteiger partial charge in [0.05, 0.1) is 37.0 Å². The summed E-state index contributed by atoms with van der Waals surface area (Å²) in [6.07, 6.45) is 3.94. The number of imidazole rings is 1. The Hall–Kier alpha value is -3.23. The summed E-state index contributed by atoms with van der Waals surface area (Å²) in [6, 6.07) is 13.0. The summed E-state index contributed by atoms with van der Waals surface area (Å²) in [5, 5.41) is 4.86. The van der Waals surface area contributed by atoms with Crippen LogP contribution >= 0.6 is 0 Å². The Morgan fingerprint density at radius 2 is 1.91 bits per heavy atom. The number of hydrogen-bond donors (Lipinski definition) is 0. The van der Waals surface area contributed by atoms with Gasteiger partial charge in [-0.3, -0.25) is 0 Å². The maximum Gasteiger partial charge on any atom is 0.164 e. The normalized spacial score (nSPS) is 17.8. The van der Waals surface area contributed by atoms with Crippen molar-refractivity contribution in [1.29, 1.82) is 0 Å². The van der Waals surface area contributed by atoms with Gasteiger partial charge in [0, 0.05) is 44.0 Å². The van der Waals surface area contributed by atoms with Crippen LogP contribution in [0.15, 0.2) is 48.9 Å². The average Bonchev–Trinajstić information content (AvgIpc) is 3.45. The van der Waals surface area contributed by atoms with Crippen molar-refractivity contribution in [2.75, 3.05) is 51.3 Å². The number of aromatic nitrogens is 5. The lowest BCUT2D eigenvalue weighted by Gasteiger charge is -2.37. The molecule has 0 spiro atoms. The topological polar surface area (TPSA) is 64.2 Å². The van der Waals surface area contributed by atoms with E-state index in [1.807, 2.05) is 23.3 Å². The SMILES string of the molecule is Cc1cccc(-c2ccn(-c3cc(N4CCOCC4)c4ncn(C5CN(C)C5)c4n3)n2)c1. The number of morpholine rings is 1. The molecule has 0 radical (unpaired) electrons. The van der Waals surface area contributed by atoms with Gasteiger partial charge in [-0.1, -0.05) is 23.8 Å². The number of benzene rings is 1. The number of likely N-dealkylation sites (tertiary alicyclic amines) is 1. The molecule has 0 unspecified atom stereocenters. The molecule has 164 valence electrons. The molecule has 1 aromatic carbocycles. The molecule has 2 fully saturated rings. The first kappa shape index (κ1) is 19.5. The Balaban J connectivity index is 1.45. The van der Waals surface area contributed by atoms with Gasteiger partial charge in [0.25, 0.3) is 0 Å². The number of anilines is 1. The van der Waals surface area contributed by atoms with Crippen LogP contribution in [-0.4, -0.2) is 75.7 Å². The van der Waals surface area contributed by atoms with E-state index in [2.05, 4.69) is 58.7 Å². The van der Waals surface area contributed by atoms with Crippen LogP contribution in [0.4, 0.5) is 5.69 Å². The van der Waals surface area contributed by atoms with Gasteiger partial charge in [-0.25, -0.2) is 14.6 Å². The summed E-state index contributed by atoms with van der Waals surface area (Å²) < 4.78 is 9.70. The molecule has 2 aliphatic rings. The molecule has 0 saturated carbocycles. The summed E-state index contributed by atoms with van der Waals surface area (Å²) in [5.41, 5.74) is 6.26. The maximum absolute atomic E-state index is 5.59. The van der Waals surface area contributed by atoms with Crippen molar-refractivity contribution >= 4 is 16.9 Å². The molecule has 0 aliphatic carbocycles. The van der Waals surface area contributed by atoms with Crippen LogP contribution < -0.4 is 4.90 Å². The molecular weight excluding hydrogens is 402 g/mol. The Kier molecular flexibility index (Phi) is 4.69. The third-order valence-corrected chi connectivity index (χ3v) is 6.42. The summed E-state index contributed by atoms with van der Waals surface area (Å²) in [7, 11) is 2.14. The van der Waals surface area contributed by atoms with Crippen LogP contribution in [0.1, 0.15) is 11.6 Å². The van der Waals surface area contributed by atoms with Crippen LogP contribution in [0.3, 0.4) is 0 Å². The van der Waals surface area contributed by atoms with Gasteiger partial charge in [0.1, 0.15) is 5.52 Å². The number of hydrogen-bond acceptors (Lipinski definition) is 6. The van der Waals surface area contributed by atoms with Gasteiger partial charge in [-0.15, -0.1) is 0 Å². The lowest BCUT2D eigenvalue weighted by atomic mass is 10.1. The van der Waals surface area contributed by atoms with Gasteiger partial charge >= 0.3 is 0 Å². The first-order valence-electron chi connectivity index (χ1n) is 11.2. The molecule has 32 heavy (non-hydrogen) atoms. The van der Waals surface area contributed by atoms with Crippen LogP contribution in [0.5, 0.6) is 0 Å². The molecule has 0 atom stereocenters. The van der Waals surface area contributed by atoms with E-state index in [4.69, 9.17) is 19.8 Å². The highest BCUT2D eigenvalue weighted by Crippen LogP contribution is 2.31. The van der Waals surface area contributed by atoms with E-state index in [0.717, 1.165) is 73.3 Å². The Morgan fingerprint density at radius 3 is 2.69 bits per heavy atom. The molecule has 8 nitrogen and oxygen atoms in total. The van der Waals surface area contributed by atoms with Crippen LogP contribution in [-0.2, 0) is 4.74 Å². The number of aryl methyl sites for hydroxylation is 1. The van der Waals surface area contributed by atoms with E-state index in [1.54, 1.807) is 0 Å². The second-order valence-electron chi connectivity index (χ2n) is 8.81. The first-order valence-corrected chi connectivity index (χ1v) is 11.2. The predicted octanol–water partition coefficient (Wildman–Crippen LogP) is 2.92. The number of fused-ring (bicyclic) bond motifs is 1. The highest BCUT2D eigenvalue weighted by Gasteiger charge is 2.28. The number of nitrogens with zero attached hydrogens (tertiary/aromatic N) is 7. The minimum atomic E-state index is 0.408. The van der Waals surface area contributed by atoms with E-state index < -0.39 is 0 Å². The molecular formula is C24H27N7O. The summed E-state index contributed by atoms with van der Waals surface area (Å²) >= 11 is 0. The summed E-state index contributed by atoms with van der Waals surface area (Å²) in [4.78, 5) is 14.5. The highest BCUT2D eigenvalue weighted by molar-refractivity contribution is 5.88. The molecule has 0 amide bonds. The first-order chi connectivity index (χ1) is 15.7. The zero-order valence-electron chi connectivity index (χ0n) is 18.5. The molecule has 4 aromatic rings. The van der Waals surface area contributed by atoms with E-state index in [1.165, 1.54) is 5.56 Å². The van der Waals surface area contributed by atoms with Gasteiger partial charge in [-0.05, 0) is 26.1 Å². The van der Waals surface area contributed by atoms with Crippen molar-refractivity contribution in [3.63, 3.8) is 0 Å². The number of rotatable bonds is 4. The second kappa shape index (κ2) is 7.72. The molecule has 0 bridgehead atoms. The average molecular weight is 430 g/mol. The van der Waals surface area contributed by atoms with E-state index in [0.29, 0.717) is 6.04 Å². The third kappa shape index (κ3) is 3.36. The lowest BCUT2D eigenvalue weighted by molar-refractivity contribution is 0.123. The zero-order chi connectivity index (χ0) is 21.7. The fourth-order valence-electron chi connectivity index (χ4n) is 4.66. The molecule has 2 aliphatic heterocycles. The van der Waals surface area contributed by atoms with Gasteiger partial charge < -0.3 is 19.1 Å². The second-order valence-corrected chi connectivity index (χ2v) is 8.81. The largest absolute Gasteiger partial charge is 0.378 e. The van der Waals surface area contributed by atoms with E-state index in [9.17, 15) is 0 Å². The van der Waals surface area contributed by atoms with E-state index >= 15 is 0 Å². The van der Waals surface area contributed by atoms with Crippen molar-refractivity contribution in [1.82, 2.24) is 29.2 Å². The van der Waals surface area contributed by atoms with Crippen molar-refractivity contribution in [3.8, 4) is 17.1 Å². The molecule has 8 heteroatoms. The van der Waals surface area contributed by atoms with Crippen LogP contribution in [0.25, 0.3) is 28.2 Å². The zero-order valence-corrected chi connectivity index (χ0v) is 18.5.